The Kier molecular flexibility index (Phi) is 5.70. The van der Waals surface area contributed by atoms with Crippen LogP contribution in [0.3, 0.4) is 0 Å². The number of aryl methyl sites for hydroxylation is 1. The van der Waals surface area contributed by atoms with Crippen molar-refractivity contribution in [2.24, 2.45) is 0 Å². The number of carbonyl (C=O) groups is 2. The fourth-order valence-electron chi connectivity index (χ4n) is 3.32. The Labute approximate surface area is 191 Å². The number of rotatable bonds is 4. The lowest BCUT2D eigenvalue weighted by molar-refractivity contribution is -0.132. The SMILES string of the molecule is COc1ccc(/C(O)=C2/C(=O)C(=O)N(c3nnc(C)s3)C2c2ccc(Cl)c(Cl)c2)cc1. The number of aliphatic hydroxyl groups is 1. The van der Waals surface area contributed by atoms with E-state index in [4.69, 9.17) is 27.9 Å². The van der Waals surface area contributed by atoms with E-state index in [0.29, 0.717) is 26.9 Å². The molecular formula is C21H15Cl2N3O4S. The van der Waals surface area contributed by atoms with Gasteiger partial charge in [0.2, 0.25) is 5.13 Å². The van der Waals surface area contributed by atoms with Crippen molar-refractivity contribution < 1.29 is 19.4 Å². The zero-order valence-electron chi connectivity index (χ0n) is 16.3. The molecular weight excluding hydrogens is 461 g/mol. The highest BCUT2D eigenvalue weighted by atomic mass is 35.5. The number of ether oxygens (including phenoxy) is 1. The lowest BCUT2D eigenvalue weighted by Crippen LogP contribution is -2.29. The third kappa shape index (κ3) is 3.78. The van der Waals surface area contributed by atoms with Crippen LogP contribution < -0.4 is 9.64 Å². The van der Waals surface area contributed by atoms with E-state index in [1.165, 1.54) is 12.0 Å². The molecule has 1 fully saturated rings. The molecule has 1 amide bonds. The first-order chi connectivity index (χ1) is 14.8. The summed E-state index contributed by atoms with van der Waals surface area (Å²) in [5, 5.41) is 20.5. The number of halogens is 2. The van der Waals surface area contributed by atoms with Gasteiger partial charge in [0.1, 0.15) is 16.5 Å². The molecule has 0 saturated carbocycles. The molecule has 1 atom stereocenters. The Morgan fingerprint density at radius 1 is 1.10 bits per heavy atom. The standard InChI is InChI=1S/C21H15Cl2N3O4S/c1-10-24-25-21(31-10)26-17(12-5-8-14(22)15(23)9-12)16(19(28)20(26)29)18(27)11-3-6-13(30-2)7-4-11/h3-9,17,27H,1-2H3/b18-16-. The Bertz CT molecular complexity index is 1220. The van der Waals surface area contributed by atoms with Crippen molar-refractivity contribution in [3.05, 3.63) is 74.2 Å². The van der Waals surface area contributed by atoms with Gasteiger partial charge in [-0.3, -0.25) is 14.5 Å². The summed E-state index contributed by atoms with van der Waals surface area (Å²) in [6.07, 6.45) is 0. The van der Waals surface area contributed by atoms with E-state index in [0.717, 1.165) is 11.3 Å². The maximum absolute atomic E-state index is 13.0. The number of aromatic nitrogens is 2. The molecule has 0 aliphatic carbocycles. The molecule has 2 heterocycles. The molecule has 0 bridgehead atoms. The Morgan fingerprint density at radius 2 is 1.81 bits per heavy atom. The lowest BCUT2D eigenvalue weighted by Gasteiger charge is -2.23. The van der Waals surface area contributed by atoms with E-state index in [2.05, 4.69) is 10.2 Å². The van der Waals surface area contributed by atoms with Crippen molar-refractivity contribution in [3.63, 3.8) is 0 Å². The number of amides is 1. The summed E-state index contributed by atoms with van der Waals surface area (Å²) in [5.41, 5.74) is 0.773. The van der Waals surface area contributed by atoms with Gasteiger partial charge in [-0.05, 0) is 48.9 Å². The molecule has 1 aromatic heterocycles. The molecule has 1 unspecified atom stereocenters. The van der Waals surface area contributed by atoms with Gasteiger partial charge in [-0.1, -0.05) is 40.6 Å². The smallest absolute Gasteiger partial charge is 0.301 e. The third-order valence-electron chi connectivity index (χ3n) is 4.79. The quantitative estimate of drug-likeness (QED) is 0.331. The van der Waals surface area contributed by atoms with Crippen molar-refractivity contribution in [1.29, 1.82) is 0 Å². The first kappa shape index (κ1) is 21.3. The van der Waals surface area contributed by atoms with Crippen LogP contribution in [-0.4, -0.2) is 34.1 Å². The Morgan fingerprint density at radius 3 is 2.39 bits per heavy atom. The fourth-order valence-corrected chi connectivity index (χ4v) is 4.34. The number of Topliss-reactive ketones (excluding diaryl/α,β-unsaturated/α-hetero) is 1. The second-order valence-electron chi connectivity index (χ2n) is 6.67. The number of hydrogen-bond acceptors (Lipinski definition) is 7. The van der Waals surface area contributed by atoms with Crippen molar-refractivity contribution in [3.8, 4) is 5.75 Å². The summed E-state index contributed by atoms with van der Waals surface area (Å²) in [6.45, 7) is 1.74. The van der Waals surface area contributed by atoms with Gasteiger partial charge in [0, 0.05) is 5.56 Å². The molecule has 0 radical (unpaired) electrons. The predicted molar refractivity (Wildman–Crippen MR) is 119 cm³/mol. The molecule has 2 aromatic carbocycles. The van der Waals surface area contributed by atoms with Gasteiger partial charge in [-0.25, -0.2) is 0 Å². The molecule has 7 nitrogen and oxygen atoms in total. The maximum atomic E-state index is 13.0. The number of nitrogens with zero attached hydrogens (tertiary/aromatic N) is 3. The Balaban J connectivity index is 1.93. The minimum absolute atomic E-state index is 0.0820. The molecule has 1 saturated heterocycles. The largest absolute Gasteiger partial charge is 0.507 e. The maximum Gasteiger partial charge on any atom is 0.301 e. The van der Waals surface area contributed by atoms with Crippen molar-refractivity contribution in [1.82, 2.24) is 10.2 Å². The van der Waals surface area contributed by atoms with E-state index in [1.54, 1.807) is 49.4 Å². The number of aliphatic hydroxyl groups excluding tert-OH is 1. The van der Waals surface area contributed by atoms with Crippen LogP contribution in [0, 0.1) is 6.92 Å². The minimum Gasteiger partial charge on any atom is -0.507 e. The zero-order valence-corrected chi connectivity index (χ0v) is 18.6. The van der Waals surface area contributed by atoms with Crippen LogP contribution in [0.25, 0.3) is 5.76 Å². The van der Waals surface area contributed by atoms with Crippen LogP contribution in [0.1, 0.15) is 22.2 Å². The summed E-state index contributed by atoms with van der Waals surface area (Å²) >= 11 is 13.4. The second-order valence-corrected chi connectivity index (χ2v) is 8.65. The fraction of sp³-hybridized carbons (Fsp3) is 0.143. The summed E-state index contributed by atoms with van der Waals surface area (Å²) in [7, 11) is 1.52. The van der Waals surface area contributed by atoms with Crippen LogP contribution in [-0.2, 0) is 9.59 Å². The number of methoxy groups -OCH3 is 1. The molecule has 1 aliphatic heterocycles. The average molecular weight is 476 g/mol. The molecule has 10 heteroatoms. The van der Waals surface area contributed by atoms with Crippen LogP contribution in [0.4, 0.5) is 5.13 Å². The normalized spacial score (nSPS) is 17.9. The first-order valence-corrected chi connectivity index (χ1v) is 10.6. The molecule has 0 spiro atoms. The van der Waals surface area contributed by atoms with Crippen LogP contribution >= 0.6 is 34.5 Å². The number of carbonyl (C=O) groups excluding carboxylic acids is 2. The molecule has 4 rings (SSSR count). The first-order valence-electron chi connectivity index (χ1n) is 9.02. The molecule has 158 valence electrons. The van der Waals surface area contributed by atoms with E-state index in [1.807, 2.05) is 0 Å². The average Bonchev–Trinajstić information content (AvgIpc) is 3.30. The molecule has 1 aliphatic rings. The summed E-state index contributed by atoms with van der Waals surface area (Å²) in [5.74, 6) is -1.39. The number of benzene rings is 2. The van der Waals surface area contributed by atoms with Crippen molar-refractivity contribution >= 4 is 57.1 Å². The summed E-state index contributed by atoms with van der Waals surface area (Å²) < 4.78 is 5.14. The second kappa shape index (κ2) is 8.30. The lowest BCUT2D eigenvalue weighted by atomic mass is 9.95. The minimum atomic E-state index is -0.954. The van der Waals surface area contributed by atoms with Crippen LogP contribution in [0.5, 0.6) is 5.75 Å². The third-order valence-corrected chi connectivity index (χ3v) is 6.37. The van der Waals surface area contributed by atoms with Crippen molar-refractivity contribution in [2.75, 3.05) is 12.0 Å². The number of ketones is 1. The predicted octanol–water partition coefficient (Wildman–Crippen LogP) is 4.79. The summed E-state index contributed by atoms with van der Waals surface area (Å²) in [6, 6.07) is 10.3. The monoisotopic (exact) mass is 475 g/mol. The van der Waals surface area contributed by atoms with Gasteiger partial charge in [-0.15, -0.1) is 10.2 Å². The van der Waals surface area contributed by atoms with Crippen LogP contribution in [0.2, 0.25) is 10.0 Å². The molecule has 1 N–H and O–H groups in total. The summed E-state index contributed by atoms with van der Waals surface area (Å²) in [4.78, 5) is 27.2. The van der Waals surface area contributed by atoms with E-state index >= 15 is 0 Å². The van der Waals surface area contributed by atoms with Gasteiger partial charge in [0.25, 0.3) is 5.78 Å². The highest BCUT2D eigenvalue weighted by Gasteiger charge is 2.48. The van der Waals surface area contributed by atoms with Gasteiger partial charge in [0.15, 0.2) is 0 Å². The Hall–Kier alpha value is -2.94. The highest BCUT2D eigenvalue weighted by molar-refractivity contribution is 7.15. The van der Waals surface area contributed by atoms with Crippen molar-refractivity contribution in [2.45, 2.75) is 13.0 Å². The van der Waals surface area contributed by atoms with Gasteiger partial charge < -0.3 is 9.84 Å². The molecule has 3 aromatic rings. The molecule has 31 heavy (non-hydrogen) atoms. The van der Waals surface area contributed by atoms with Gasteiger partial charge >= 0.3 is 5.91 Å². The van der Waals surface area contributed by atoms with Crippen LogP contribution in [0.15, 0.2) is 48.0 Å². The number of anilines is 1. The van der Waals surface area contributed by atoms with Gasteiger partial charge in [-0.2, -0.15) is 0 Å². The van der Waals surface area contributed by atoms with E-state index in [-0.39, 0.29) is 21.5 Å². The highest BCUT2D eigenvalue weighted by Crippen LogP contribution is 2.44. The number of hydrogen-bond donors (Lipinski definition) is 1. The zero-order chi connectivity index (χ0) is 22.3. The topological polar surface area (TPSA) is 92.6 Å². The van der Waals surface area contributed by atoms with E-state index in [9.17, 15) is 14.7 Å². The van der Waals surface area contributed by atoms with Gasteiger partial charge in [0.05, 0.1) is 28.8 Å². The van der Waals surface area contributed by atoms with E-state index < -0.39 is 17.7 Å².